The number of fused-ring (bicyclic) bond motifs is 5. The molecular weight excluding hydrogens is 551 g/mol. The summed E-state index contributed by atoms with van der Waals surface area (Å²) in [5.74, 6) is 0. The van der Waals surface area contributed by atoms with E-state index in [9.17, 15) is 21.0 Å². The van der Waals surface area contributed by atoms with Crippen LogP contribution < -0.4 is 0 Å². The fraction of sp³-hybridized carbons (Fsp3) is 0. The van der Waals surface area contributed by atoms with Crippen molar-refractivity contribution in [2.45, 2.75) is 0 Å². The Balaban J connectivity index is 1.59. The SMILES string of the molecule is N#Cc1cccc(-c2cc3c(-c4ccccc4)nc4cc(-c5c(C#N)cc(C#N)cc5C#N)ccc4c3c3nsnc23)c1. The molecule has 0 N–H and O–H groups in total. The van der Waals surface area contributed by atoms with Crippen molar-refractivity contribution in [1.29, 1.82) is 21.0 Å². The molecule has 8 heteroatoms. The second-order valence-corrected chi connectivity index (χ2v) is 10.4. The molecule has 0 aliphatic carbocycles. The molecule has 0 unspecified atom stereocenters. The number of aromatic nitrogens is 3. The molecule has 2 aromatic heterocycles. The minimum absolute atomic E-state index is 0.245. The highest BCUT2D eigenvalue weighted by Gasteiger charge is 2.21. The van der Waals surface area contributed by atoms with E-state index in [1.165, 1.54) is 12.1 Å². The highest BCUT2D eigenvalue weighted by Crippen LogP contribution is 2.42. The molecule has 2 heterocycles. The van der Waals surface area contributed by atoms with Gasteiger partial charge in [-0.25, -0.2) is 4.98 Å². The van der Waals surface area contributed by atoms with E-state index in [2.05, 4.69) is 28.6 Å². The van der Waals surface area contributed by atoms with Crippen molar-refractivity contribution in [3.63, 3.8) is 0 Å². The van der Waals surface area contributed by atoms with Gasteiger partial charge in [0.1, 0.15) is 11.0 Å². The van der Waals surface area contributed by atoms with Crippen molar-refractivity contribution < 1.29 is 0 Å². The summed E-state index contributed by atoms with van der Waals surface area (Å²) in [7, 11) is 0. The van der Waals surface area contributed by atoms with Gasteiger partial charge in [-0.05, 0) is 47.5 Å². The van der Waals surface area contributed by atoms with Gasteiger partial charge in [-0.1, -0.05) is 54.6 Å². The third kappa shape index (κ3) is 4.12. The summed E-state index contributed by atoms with van der Waals surface area (Å²) in [6, 6.07) is 36.6. The molecule has 0 aliphatic heterocycles. The summed E-state index contributed by atoms with van der Waals surface area (Å²) >= 11 is 1.13. The van der Waals surface area contributed by atoms with Crippen LogP contribution >= 0.6 is 11.7 Å². The van der Waals surface area contributed by atoms with Gasteiger partial charge in [-0.15, -0.1) is 0 Å². The van der Waals surface area contributed by atoms with E-state index in [-0.39, 0.29) is 16.7 Å². The fourth-order valence-electron chi connectivity index (χ4n) is 5.56. The lowest BCUT2D eigenvalue weighted by Crippen LogP contribution is -1.95. The van der Waals surface area contributed by atoms with E-state index in [1.807, 2.05) is 72.8 Å². The van der Waals surface area contributed by atoms with E-state index < -0.39 is 0 Å². The first-order chi connectivity index (χ1) is 21.1. The zero-order valence-corrected chi connectivity index (χ0v) is 23.0. The Morgan fingerprint density at radius 2 is 1.28 bits per heavy atom. The van der Waals surface area contributed by atoms with Crippen LogP contribution in [-0.2, 0) is 0 Å². The summed E-state index contributed by atoms with van der Waals surface area (Å²) in [6.07, 6.45) is 0. The van der Waals surface area contributed by atoms with Crippen LogP contribution in [0.15, 0.2) is 91.0 Å². The van der Waals surface area contributed by atoms with Crippen LogP contribution in [0.4, 0.5) is 0 Å². The Morgan fingerprint density at radius 1 is 0.558 bits per heavy atom. The first kappa shape index (κ1) is 25.5. The van der Waals surface area contributed by atoms with Crippen molar-refractivity contribution in [2.75, 3.05) is 0 Å². The summed E-state index contributed by atoms with van der Waals surface area (Å²) in [5.41, 5.74) is 7.90. The Labute approximate surface area is 249 Å². The van der Waals surface area contributed by atoms with Crippen molar-refractivity contribution >= 4 is 44.4 Å². The molecule has 43 heavy (non-hydrogen) atoms. The number of hydrogen-bond donors (Lipinski definition) is 0. The van der Waals surface area contributed by atoms with Crippen LogP contribution in [0.3, 0.4) is 0 Å². The number of nitrogens with zero attached hydrogens (tertiary/aromatic N) is 7. The molecule has 0 radical (unpaired) electrons. The number of rotatable bonds is 3. The van der Waals surface area contributed by atoms with Gasteiger partial charge in [0.05, 0.1) is 69.5 Å². The molecule has 7 nitrogen and oxygen atoms in total. The maximum atomic E-state index is 9.90. The lowest BCUT2D eigenvalue weighted by molar-refractivity contribution is 1.40. The first-order valence-electron chi connectivity index (χ1n) is 13.1. The first-order valence-corrected chi connectivity index (χ1v) is 13.8. The zero-order valence-electron chi connectivity index (χ0n) is 22.2. The molecule has 7 rings (SSSR count). The molecule has 0 saturated carbocycles. The van der Waals surface area contributed by atoms with E-state index in [0.29, 0.717) is 22.2 Å². The van der Waals surface area contributed by atoms with Gasteiger partial charge in [-0.2, -0.15) is 29.8 Å². The number of hydrogen-bond acceptors (Lipinski definition) is 8. The fourth-order valence-corrected chi connectivity index (χ4v) is 6.13. The molecule has 0 saturated heterocycles. The van der Waals surface area contributed by atoms with Gasteiger partial charge in [0.25, 0.3) is 0 Å². The van der Waals surface area contributed by atoms with Gasteiger partial charge >= 0.3 is 0 Å². The van der Waals surface area contributed by atoms with Gasteiger partial charge < -0.3 is 0 Å². The third-order valence-corrected chi connectivity index (χ3v) is 7.97. The van der Waals surface area contributed by atoms with Gasteiger partial charge in [0.15, 0.2) is 0 Å². The van der Waals surface area contributed by atoms with E-state index in [4.69, 9.17) is 9.36 Å². The molecule has 0 bridgehead atoms. The largest absolute Gasteiger partial charge is 0.247 e. The number of benzene rings is 5. The quantitative estimate of drug-likeness (QED) is 0.199. The van der Waals surface area contributed by atoms with Gasteiger partial charge in [0.2, 0.25) is 0 Å². The number of pyridine rings is 1. The molecule has 0 atom stereocenters. The molecule has 196 valence electrons. The highest BCUT2D eigenvalue weighted by atomic mass is 32.1. The van der Waals surface area contributed by atoms with E-state index in [1.54, 1.807) is 6.07 Å². The van der Waals surface area contributed by atoms with E-state index >= 15 is 0 Å². The maximum absolute atomic E-state index is 9.90. The molecule has 7 aromatic rings. The second-order valence-electron chi connectivity index (χ2n) is 9.84. The van der Waals surface area contributed by atoms with E-state index in [0.717, 1.165) is 61.3 Å². The highest BCUT2D eigenvalue weighted by molar-refractivity contribution is 7.00. The minimum atomic E-state index is 0.245. The van der Waals surface area contributed by atoms with Crippen molar-refractivity contribution in [2.24, 2.45) is 0 Å². The van der Waals surface area contributed by atoms with Gasteiger partial charge in [-0.3, -0.25) is 0 Å². The smallest absolute Gasteiger partial charge is 0.114 e. The summed E-state index contributed by atoms with van der Waals surface area (Å²) < 4.78 is 9.40. The lowest BCUT2D eigenvalue weighted by Gasteiger charge is -2.15. The predicted octanol–water partition coefficient (Wildman–Crippen LogP) is 7.88. The Kier molecular flexibility index (Phi) is 6.04. The summed E-state index contributed by atoms with van der Waals surface area (Å²) in [5, 5.41) is 41.3. The average Bonchev–Trinajstić information content (AvgIpc) is 3.57. The standard InChI is InChI=1S/C35H15N7S/c36-16-20-5-4-8-23(11-20)28-15-29-32(35-34(28)41-43-42-35)27-10-9-24(14-30(27)40-33(29)22-6-2-1-3-7-22)31-25(18-38)12-21(17-37)13-26(31)19-39/h1-15H. The van der Waals surface area contributed by atoms with Crippen LogP contribution in [0.5, 0.6) is 0 Å². The summed E-state index contributed by atoms with van der Waals surface area (Å²) in [6.45, 7) is 0. The monoisotopic (exact) mass is 565 g/mol. The van der Waals surface area contributed by atoms with Crippen molar-refractivity contribution in [1.82, 2.24) is 13.7 Å². The number of nitriles is 4. The Morgan fingerprint density at radius 3 is 2.00 bits per heavy atom. The molecule has 0 aliphatic rings. The average molecular weight is 566 g/mol. The van der Waals surface area contributed by atoms with Crippen LogP contribution in [-0.4, -0.2) is 13.7 Å². The Hall–Kier alpha value is -6.45. The van der Waals surface area contributed by atoms with Crippen LogP contribution in [0, 0.1) is 45.3 Å². The molecule has 5 aromatic carbocycles. The zero-order chi connectivity index (χ0) is 29.5. The molecule has 0 spiro atoms. The minimum Gasteiger partial charge on any atom is -0.247 e. The van der Waals surface area contributed by atoms with Crippen molar-refractivity contribution in [3.05, 3.63) is 113 Å². The molecule has 0 amide bonds. The predicted molar refractivity (Wildman–Crippen MR) is 165 cm³/mol. The molecule has 0 fully saturated rings. The maximum Gasteiger partial charge on any atom is 0.114 e. The summed E-state index contributed by atoms with van der Waals surface area (Å²) in [4.78, 5) is 5.15. The Bertz CT molecular complexity index is 2420. The van der Waals surface area contributed by atoms with Crippen LogP contribution in [0.2, 0.25) is 0 Å². The topological polar surface area (TPSA) is 134 Å². The normalized spacial score (nSPS) is 10.7. The van der Waals surface area contributed by atoms with Crippen LogP contribution in [0.25, 0.3) is 66.2 Å². The van der Waals surface area contributed by atoms with Gasteiger partial charge in [0, 0.05) is 32.8 Å². The lowest BCUT2D eigenvalue weighted by atomic mass is 9.90. The molecular formula is C35H15N7S. The third-order valence-electron chi connectivity index (χ3n) is 7.44. The van der Waals surface area contributed by atoms with Crippen LogP contribution in [0.1, 0.15) is 22.3 Å². The second kappa shape index (κ2) is 10.2. The van der Waals surface area contributed by atoms with Crippen molar-refractivity contribution in [3.8, 4) is 57.8 Å².